The van der Waals surface area contributed by atoms with Crippen LogP contribution in [-0.2, 0) is 9.47 Å². The molecule has 3 unspecified atom stereocenters. The Morgan fingerprint density at radius 1 is 1.42 bits per heavy atom. The lowest BCUT2D eigenvalue weighted by Crippen LogP contribution is -2.36. The van der Waals surface area contributed by atoms with E-state index >= 15 is 0 Å². The van der Waals surface area contributed by atoms with Crippen molar-refractivity contribution in [2.45, 2.75) is 44.0 Å². The highest BCUT2D eigenvalue weighted by Gasteiger charge is 2.48. The average molecular weight is 172 g/mol. The van der Waals surface area contributed by atoms with Gasteiger partial charge in [-0.15, -0.1) is 0 Å². The molecule has 0 aromatic rings. The third-order valence-corrected chi connectivity index (χ3v) is 2.60. The highest BCUT2D eigenvalue weighted by Crippen LogP contribution is 2.35. The molecule has 0 aromatic carbocycles. The van der Waals surface area contributed by atoms with E-state index in [4.69, 9.17) is 9.47 Å². The fraction of sp³-hybridized carbons (Fsp3) is 1.00. The van der Waals surface area contributed by atoms with Gasteiger partial charge in [0.1, 0.15) is 6.10 Å². The summed E-state index contributed by atoms with van der Waals surface area (Å²) in [5, 5.41) is 10.2. The largest absolute Gasteiger partial charge is 0.387 e. The molecule has 70 valence electrons. The van der Waals surface area contributed by atoms with E-state index in [-0.39, 0.29) is 6.10 Å². The van der Waals surface area contributed by atoms with Gasteiger partial charge in [0.15, 0.2) is 0 Å². The molecule has 0 spiro atoms. The van der Waals surface area contributed by atoms with Gasteiger partial charge < -0.3 is 14.6 Å². The molecule has 0 saturated carbocycles. The summed E-state index contributed by atoms with van der Waals surface area (Å²) in [7, 11) is 0. The first kappa shape index (κ1) is 8.48. The Morgan fingerprint density at radius 2 is 2.08 bits per heavy atom. The van der Waals surface area contributed by atoms with Gasteiger partial charge in [0.25, 0.3) is 0 Å². The summed E-state index contributed by atoms with van der Waals surface area (Å²) in [6.45, 7) is 3.63. The molecule has 2 aliphatic heterocycles. The first-order chi connectivity index (χ1) is 5.74. The predicted octanol–water partition coefficient (Wildman–Crippen LogP) is 0.705. The van der Waals surface area contributed by atoms with E-state index in [1.165, 1.54) is 0 Å². The summed E-state index contributed by atoms with van der Waals surface area (Å²) in [5.41, 5.74) is -0.601. The molecule has 2 heterocycles. The third-order valence-electron chi connectivity index (χ3n) is 2.60. The fourth-order valence-electron chi connectivity index (χ4n) is 1.77. The molecule has 12 heavy (non-hydrogen) atoms. The third kappa shape index (κ3) is 1.79. The van der Waals surface area contributed by atoms with Gasteiger partial charge in [0, 0.05) is 6.42 Å². The van der Waals surface area contributed by atoms with Crippen LogP contribution < -0.4 is 0 Å². The summed E-state index contributed by atoms with van der Waals surface area (Å²) in [5.74, 6) is 0. The van der Waals surface area contributed by atoms with Gasteiger partial charge in [0.2, 0.25) is 0 Å². The van der Waals surface area contributed by atoms with Crippen molar-refractivity contribution in [1.82, 2.24) is 0 Å². The Balaban J connectivity index is 1.88. The highest BCUT2D eigenvalue weighted by molar-refractivity contribution is 4.97. The number of aliphatic hydroxyl groups is 1. The molecule has 2 rings (SSSR count). The standard InChI is InChI=1S/C9H16O3/c1-2-3-9(10,8-6-12-8)4-7-5-11-7/h7-8,10H,2-6H2,1H3. The normalized spacial score (nSPS) is 37.5. The van der Waals surface area contributed by atoms with Crippen LogP contribution in [0.4, 0.5) is 0 Å². The van der Waals surface area contributed by atoms with E-state index in [1.807, 2.05) is 0 Å². The van der Waals surface area contributed by atoms with E-state index in [2.05, 4.69) is 6.92 Å². The second-order valence-electron chi connectivity index (χ2n) is 3.84. The van der Waals surface area contributed by atoms with Crippen LogP contribution in [0.1, 0.15) is 26.2 Å². The number of epoxide rings is 2. The van der Waals surface area contributed by atoms with Gasteiger partial charge in [0.05, 0.1) is 24.9 Å². The van der Waals surface area contributed by atoms with Crippen LogP contribution in [0.25, 0.3) is 0 Å². The number of ether oxygens (including phenoxy) is 2. The summed E-state index contributed by atoms with van der Waals surface area (Å²) in [6.07, 6.45) is 2.97. The molecule has 2 fully saturated rings. The molecular formula is C9H16O3. The van der Waals surface area contributed by atoms with Crippen LogP contribution in [0.5, 0.6) is 0 Å². The second kappa shape index (κ2) is 2.98. The zero-order valence-electron chi connectivity index (χ0n) is 7.45. The van der Waals surface area contributed by atoms with Crippen LogP contribution in [0.15, 0.2) is 0 Å². The lowest BCUT2D eigenvalue weighted by Gasteiger charge is -2.24. The van der Waals surface area contributed by atoms with Crippen molar-refractivity contribution in [3.63, 3.8) is 0 Å². The maximum Gasteiger partial charge on any atom is 0.110 e. The van der Waals surface area contributed by atoms with Crippen molar-refractivity contribution in [3.05, 3.63) is 0 Å². The molecule has 0 aliphatic carbocycles. The number of rotatable bonds is 5. The topological polar surface area (TPSA) is 45.3 Å². The number of hydrogen-bond acceptors (Lipinski definition) is 3. The Bertz CT molecular complexity index is 163. The van der Waals surface area contributed by atoms with Crippen LogP contribution in [0.2, 0.25) is 0 Å². The first-order valence-electron chi connectivity index (χ1n) is 4.70. The number of hydrogen-bond donors (Lipinski definition) is 1. The van der Waals surface area contributed by atoms with Gasteiger partial charge in [-0.2, -0.15) is 0 Å². The molecule has 1 N–H and O–H groups in total. The van der Waals surface area contributed by atoms with Gasteiger partial charge in [-0.05, 0) is 6.42 Å². The Kier molecular flexibility index (Phi) is 2.10. The average Bonchev–Trinajstić information content (AvgIpc) is 2.83. The molecule has 2 aliphatic rings. The molecule has 0 bridgehead atoms. The molecule has 3 nitrogen and oxygen atoms in total. The minimum absolute atomic E-state index is 0.0849. The first-order valence-corrected chi connectivity index (χ1v) is 4.70. The smallest absolute Gasteiger partial charge is 0.110 e. The Morgan fingerprint density at radius 3 is 2.50 bits per heavy atom. The van der Waals surface area contributed by atoms with Gasteiger partial charge in [-0.1, -0.05) is 13.3 Å². The van der Waals surface area contributed by atoms with Crippen molar-refractivity contribution in [2.75, 3.05) is 13.2 Å². The molecule has 3 atom stereocenters. The minimum Gasteiger partial charge on any atom is -0.387 e. The second-order valence-corrected chi connectivity index (χ2v) is 3.84. The zero-order chi connectivity index (χ0) is 8.60. The zero-order valence-corrected chi connectivity index (χ0v) is 7.45. The lowest BCUT2D eigenvalue weighted by molar-refractivity contribution is -0.0104. The summed E-state index contributed by atoms with van der Waals surface area (Å²) < 4.78 is 10.3. The van der Waals surface area contributed by atoms with Gasteiger partial charge >= 0.3 is 0 Å². The van der Waals surface area contributed by atoms with Gasteiger partial charge in [-0.3, -0.25) is 0 Å². The highest BCUT2D eigenvalue weighted by atomic mass is 16.6. The van der Waals surface area contributed by atoms with Crippen LogP contribution >= 0.6 is 0 Å². The van der Waals surface area contributed by atoms with Gasteiger partial charge in [-0.25, -0.2) is 0 Å². The Labute approximate surface area is 72.7 Å². The van der Waals surface area contributed by atoms with E-state index < -0.39 is 5.60 Å². The van der Waals surface area contributed by atoms with Crippen molar-refractivity contribution in [1.29, 1.82) is 0 Å². The molecule has 0 radical (unpaired) electrons. The predicted molar refractivity (Wildman–Crippen MR) is 44.0 cm³/mol. The summed E-state index contributed by atoms with van der Waals surface area (Å²) in [4.78, 5) is 0. The maximum absolute atomic E-state index is 10.2. The van der Waals surface area contributed by atoms with E-state index in [9.17, 15) is 5.11 Å². The van der Waals surface area contributed by atoms with E-state index in [0.29, 0.717) is 6.10 Å². The SMILES string of the molecule is CCCC(O)(CC1CO1)C1CO1. The molecule has 0 aromatic heterocycles. The summed E-state index contributed by atoms with van der Waals surface area (Å²) >= 11 is 0. The van der Waals surface area contributed by atoms with Crippen molar-refractivity contribution in [3.8, 4) is 0 Å². The quantitative estimate of drug-likeness (QED) is 0.621. The lowest BCUT2D eigenvalue weighted by atomic mass is 9.89. The molecule has 3 heteroatoms. The van der Waals surface area contributed by atoms with E-state index in [0.717, 1.165) is 32.5 Å². The van der Waals surface area contributed by atoms with Crippen molar-refractivity contribution in [2.24, 2.45) is 0 Å². The maximum atomic E-state index is 10.2. The molecule has 0 amide bonds. The van der Waals surface area contributed by atoms with Crippen molar-refractivity contribution >= 4 is 0 Å². The Hall–Kier alpha value is -0.120. The van der Waals surface area contributed by atoms with Crippen LogP contribution in [-0.4, -0.2) is 36.1 Å². The van der Waals surface area contributed by atoms with Crippen molar-refractivity contribution < 1.29 is 14.6 Å². The minimum atomic E-state index is -0.601. The van der Waals surface area contributed by atoms with Crippen LogP contribution in [0.3, 0.4) is 0 Å². The van der Waals surface area contributed by atoms with E-state index in [1.54, 1.807) is 0 Å². The monoisotopic (exact) mass is 172 g/mol. The fourth-order valence-corrected chi connectivity index (χ4v) is 1.77. The molecular weight excluding hydrogens is 156 g/mol. The molecule has 2 saturated heterocycles. The van der Waals surface area contributed by atoms with Crippen LogP contribution in [0, 0.1) is 0 Å². The summed E-state index contributed by atoms with van der Waals surface area (Å²) in [6, 6.07) is 0.